The molecule has 2 unspecified atom stereocenters. The van der Waals surface area contributed by atoms with Crippen molar-refractivity contribution in [1.29, 1.82) is 0 Å². The summed E-state index contributed by atoms with van der Waals surface area (Å²) in [6, 6.07) is 0. The quantitative estimate of drug-likeness (QED) is 0.519. The van der Waals surface area contributed by atoms with Crippen molar-refractivity contribution in [3.05, 3.63) is 12.2 Å². The van der Waals surface area contributed by atoms with E-state index in [9.17, 15) is 0 Å². The smallest absolute Gasteiger partial charge is 0.0134 e. The predicted molar refractivity (Wildman–Crippen MR) is 58.8 cm³/mol. The number of rotatable bonds is 4. The average Bonchev–Trinajstić information content (AvgIpc) is 2.13. The van der Waals surface area contributed by atoms with Crippen LogP contribution in [0.4, 0.5) is 0 Å². The monoisotopic (exact) mass is 181 g/mol. The molecule has 1 aliphatic carbocycles. The van der Waals surface area contributed by atoms with Gasteiger partial charge in [0.15, 0.2) is 0 Å². The van der Waals surface area contributed by atoms with Gasteiger partial charge in [-0.2, -0.15) is 0 Å². The van der Waals surface area contributed by atoms with E-state index in [1.807, 2.05) is 0 Å². The van der Waals surface area contributed by atoms with Crippen LogP contribution in [-0.2, 0) is 0 Å². The first-order valence-corrected chi connectivity index (χ1v) is 5.70. The maximum Gasteiger partial charge on any atom is 0.0134 e. The van der Waals surface area contributed by atoms with Crippen LogP contribution in [0, 0.1) is 11.8 Å². The Labute approximate surface area is 82.6 Å². The Bertz CT molecular complexity index is 151. The lowest BCUT2D eigenvalue weighted by atomic mass is 9.82. The largest absolute Gasteiger partial charge is 0.314 e. The summed E-state index contributed by atoms with van der Waals surface area (Å²) in [4.78, 5) is 0. The van der Waals surface area contributed by atoms with Gasteiger partial charge in [-0.3, -0.25) is 0 Å². The zero-order valence-corrected chi connectivity index (χ0v) is 9.05. The summed E-state index contributed by atoms with van der Waals surface area (Å²) < 4.78 is 0. The van der Waals surface area contributed by atoms with E-state index < -0.39 is 0 Å². The zero-order chi connectivity index (χ0) is 9.52. The maximum atomic E-state index is 3.31. The lowest BCUT2D eigenvalue weighted by molar-refractivity contribution is 0.325. The van der Waals surface area contributed by atoms with Crippen LogP contribution in [0.15, 0.2) is 12.2 Å². The van der Waals surface area contributed by atoms with E-state index >= 15 is 0 Å². The Morgan fingerprint density at radius 2 is 2.23 bits per heavy atom. The van der Waals surface area contributed by atoms with Crippen molar-refractivity contribution in [1.82, 2.24) is 5.32 Å². The molecule has 13 heavy (non-hydrogen) atoms. The van der Waals surface area contributed by atoms with Crippen LogP contribution in [-0.4, -0.2) is 13.1 Å². The summed E-state index contributed by atoms with van der Waals surface area (Å²) in [5.74, 6) is 1.81. The van der Waals surface area contributed by atoms with E-state index in [-0.39, 0.29) is 0 Å². The van der Waals surface area contributed by atoms with E-state index in [1.54, 1.807) is 0 Å². The molecule has 0 spiro atoms. The highest BCUT2D eigenvalue weighted by Gasteiger charge is 2.15. The number of likely N-dealkylation sites (N-methyl/N-ethyl adjacent to an activating group) is 1. The standard InChI is InChI=1S/C12H23N/c1-3-13-9-5-8-12-7-4-6-11(2)10-12/h5,8,11-13H,3-4,6-7,9-10H2,1-2H3. The molecule has 76 valence electrons. The Kier molecular flexibility index (Phi) is 5.14. The molecular weight excluding hydrogens is 158 g/mol. The molecule has 1 nitrogen and oxygen atoms in total. The summed E-state index contributed by atoms with van der Waals surface area (Å²) in [6.07, 6.45) is 10.4. The normalized spacial score (nSPS) is 29.7. The van der Waals surface area contributed by atoms with Crippen LogP contribution >= 0.6 is 0 Å². The summed E-state index contributed by atoms with van der Waals surface area (Å²) in [5.41, 5.74) is 0. The maximum absolute atomic E-state index is 3.31. The van der Waals surface area contributed by atoms with Gasteiger partial charge in [0.25, 0.3) is 0 Å². The molecular formula is C12H23N. The first kappa shape index (κ1) is 10.8. The van der Waals surface area contributed by atoms with E-state index in [4.69, 9.17) is 0 Å². The summed E-state index contributed by atoms with van der Waals surface area (Å²) in [7, 11) is 0. The second kappa shape index (κ2) is 6.20. The van der Waals surface area contributed by atoms with Gasteiger partial charge in [-0.15, -0.1) is 0 Å². The third-order valence-corrected chi connectivity index (χ3v) is 2.90. The highest BCUT2D eigenvalue weighted by molar-refractivity contribution is 4.92. The van der Waals surface area contributed by atoms with Gasteiger partial charge in [-0.25, -0.2) is 0 Å². The molecule has 1 aliphatic rings. The molecule has 1 heteroatoms. The first-order chi connectivity index (χ1) is 6.33. The van der Waals surface area contributed by atoms with Gasteiger partial charge >= 0.3 is 0 Å². The molecule has 0 aromatic carbocycles. The van der Waals surface area contributed by atoms with Crippen molar-refractivity contribution in [2.45, 2.75) is 39.5 Å². The molecule has 1 N–H and O–H groups in total. The number of allylic oxidation sites excluding steroid dienone is 1. The molecule has 1 saturated carbocycles. The number of nitrogens with one attached hydrogen (secondary N) is 1. The van der Waals surface area contributed by atoms with Gasteiger partial charge < -0.3 is 5.32 Å². The lowest BCUT2D eigenvalue weighted by Gasteiger charge is -2.24. The van der Waals surface area contributed by atoms with E-state index in [0.29, 0.717) is 0 Å². The van der Waals surface area contributed by atoms with Crippen molar-refractivity contribution < 1.29 is 0 Å². The van der Waals surface area contributed by atoms with Crippen LogP contribution in [0.5, 0.6) is 0 Å². The van der Waals surface area contributed by atoms with Crippen molar-refractivity contribution in [2.24, 2.45) is 11.8 Å². The molecule has 0 aromatic rings. The minimum atomic E-state index is 0.863. The fourth-order valence-corrected chi connectivity index (χ4v) is 2.14. The second-order valence-corrected chi connectivity index (χ2v) is 4.27. The first-order valence-electron chi connectivity index (χ1n) is 5.70. The van der Waals surface area contributed by atoms with Crippen molar-refractivity contribution in [2.75, 3.05) is 13.1 Å². The Hall–Kier alpha value is -0.300. The van der Waals surface area contributed by atoms with E-state index in [1.165, 1.54) is 25.7 Å². The summed E-state index contributed by atoms with van der Waals surface area (Å²) in [6.45, 7) is 6.65. The average molecular weight is 181 g/mol. The molecule has 1 fully saturated rings. The predicted octanol–water partition coefficient (Wildman–Crippen LogP) is 2.98. The van der Waals surface area contributed by atoms with Gasteiger partial charge in [0.1, 0.15) is 0 Å². The van der Waals surface area contributed by atoms with Gasteiger partial charge in [-0.1, -0.05) is 38.8 Å². The minimum Gasteiger partial charge on any atom is -0.314 e. The van der Waals surface area contributed by atoms with Crippen LogP contribution in [0.2, 0.25) is 0 Å². The number of hydrogen-bond donors (Lipinski definition) is 1. The Morgan fingerprint density at radius 3 is 2.92 bits per heavy atom. The Balaban J connectivity index is 2.15. The van der Waals surface area contributed by atoms with E-state index in [0.717, 1.165) is 24.9 Å². The van der Waals surface area contributed by atoms with Crippen LogP contribution in [0.3, 0.4) is 0 Å². The van der Waals surface area contributed by atoms with Crippen molar-refractivity contribution in [3.63, 3.8) is 0 Å². The van der Waals surface area contributed by atoms with Gasteiger partial charge in [0, 0.05) is 6.54 Å². The molecule has 1 rings (SSSR count). The fraction of sp³-hybridized carbons (Fsp3) is 0.833. The third-order valence-electron chi connectivity index (χ3n) is 2.90. The van der Waals surface area contributed by atoms with Crippen molar-refractivity contribution >= 4 is 0 Å². The molecule has 0 radical (unpaired) electrons. The van der Waals surface area contributed by atoms with Gasteiger partial charge in [0.2, 0.25) is 0 Å². The molecule has 0 saturated heterocycles. The molecule has 0 heterocycles. The molecule has 0 aromatic heterocycles. The molecule has 2 atom stereocenters. The SMILES string of the molecule is CCNCC=CC1CCCC(C)C1. The molecule has 0 amide bonds. The van der Waals surface area contributed by atoms with Crippen LogP contribution in [0.1, 0.15) is 39.5 Å². The van der Waals surface area contributed by atoms with Gasteiger partial charge in [-0.05, 0) is 31.2 Å². The molecule has 0 bridgehead atoms. The fourth-order valence-electron chi connectivity index (χ4n) is 2.14. The highest BCUT2D eigenvalue weighted by Crippen LogP contribution is 2.29. The number of hydrogen-bond acceptors (Lipinski definition) is 1. The lowest BCUT2D eigenvalue weighted by Crippen LogP contribution is -2.14. The zero-order valence-electron chi connectivity index (χ0n) is 9.05. The summed E-state index contributed by atoms with van der Waals surface area (Å²) in [5, 5.41) is 3.31. The third kappa shape index (κ3) is 4.47. The highest BCUT2D eigenvalue weighted by atomic mass is 14.8. The van der Waals surface area contributed by atoms with Crippen molar-refractivity contribution in [3.8, 4) is 0 Å². The second-order valence-electron chi connectivity index (χ2n) is 4.27. The molecule has 0 aliphatic heterocycles. The van der Waals surface area contributed by atoms with Gasteiger partial charge in [0.05, 0.1) is 0 Å². The minimum absolute atomic E-state index is 0.863. The van der Waals surface area contributed by atoms with Crippen LogP contribution < -0.4 is 5.32 Å². The van der Waals surface area contributed by atoms with Crippen LogP contribution in [0.25, 0.3) is 0 Å². The topological polar surface area (TPSA) is 12.0 Å². The van der Waals surface area contributed by atoms with E-state index in [2.05, 4.69) is 31.3 Å². The summed E-state index contributed by atoms with van der Waals surface area (Å²) >= 11 is 0. The Morgan fingerprint density at radius 1 is 1.38 bits per heavy atom.